The van der Waals surface area contributed by atoms with Crippen LogP contribution in [-0.2, 0) is 14.3 Å². The standard InChI is InChI=1S/C15H18N2O4/c18-14(12-9-21-8-6-16-12)17-7-5-11(15(19)20)10-3-1-2-4-13(10)17/h1-4,11-12,16H,5-9H2,(H,19,20). The van der Waals surface area contributed by atoms with Crippen molar-refractivity contribution in [3.63, 3.8) is 0 Å². The molecule has 2 unspecified atom stereocenters. The van der Waals surface area contributed by atoms with Crippen molar-refractivity contribution < 1.29 is 19.4 Å². The second-order valence-electron chi connectivity index (χ2n) is 5.31. The molecule has 21 heavy (non-hydrogen) atoms. The summed E-state index contributed by atoms with van der Waals surface area (Å²) in [5.41, 5.74) is 1.41. The predicted molar refractivity (Wildman–Crippen MR) is 76.4 cm³/mol. The van der Waals surface area contributed by atoms with E-state index in [1.54, 1.807) is 11.0 Å². The first-order valence-corrected chi connectivity index (χ1v) is 7.12. The minimum Gasteiger partial charge on any atom is -0.481 e. The molecule has 2 N–H and O–H groups in total. The van der Waals surface area contributed by atoms with Gasteiger partial charge in [-0.2, -0.15) is 0 Å². The lowest BCUT2D eigenvalue weighted by atomic mass is 9.89. The summed E-state index contributed by atoms with van der Waals surface area (Å²) in [4.78, 5) is 25.7. The van der Waals surface area contributed by atoms with Gasteiger partial charge in [0.2, 0.25) is 5.91 Å². The van der Waals surface area contributed by atoms with E-state index in [1.807, 2.05) is 18.2 Å². The molecule has 1 amide bonds. The Bertz CT molecular complexity index is 554. The maximum Gasteiger partial charge on any atom is 0.311 e. The topological polar surface area (TPSA) is 78.9 Å². The SMILES string of the molecule is O=C(O)C1CCN(C(=O)C2COCCN2)c2ccccc21. The Morgan fingerprint density at radius 3 is 2.86 bits per heavy atom. The summed E-state index contributed by atoms with van der Waals surface area (Å²) in [5, 5.41) is 12.5. The summed E-state index contributed by atoms with van der Waals surface area (Å²) in [6.07, 6.45) is 0.436. The molecular weight excluding hydrogens is 272 g/mol. The van der Waals surface area contributed by atoms with Gasteiger partial charge in [0.25, 0.3) is 0 Å². The number of carboxylic acid groups (broad SMARTS) is 1. The number of morpholine rings is 1. The first-order valence-electron chi connectivity index (χ1n) is 7.12. The second-order valence-corrected chi connectivity index (χ2v) is 5.31. The summed E-state index contributed by atoms with van der Waals surface area (Å²) in [6.45, 7) is 2.05. The molecule has 112 valence electrons. The third kappa shape index (κ3) is 2.64. The molecule has 6 heteroatoms. The summed E-state index contributed by atoms with van der Waals surface area (Å²) in [6, 6.07) is 6.89. The average molecular weight is 290 g/mol. The predicted octanol–water partition coefficient (Wildman–Crippen LogP) is 0.580. The molecule has 0 aliphatic carbocycles. The van der Waals surface area contributed by atoms with Gasteiger partial charge in [-0.15, -0.1) is 0 Å². The molecule has 1 aromatic carbocycles. The number of fused-ring (bicyclic) bond motifs is 1. The quantitative estimate of drug-likeness (QED) is 0.833. The molecule has 0 radical (unpaired) electrons. The molecule has 2 aliphatic heterocycles. The van der Waals surface area contributed by atoms with E-state index in [4.69, 9.17) is 4.74 Å². The van der Waals surface area contributed by atoms with Crippen LogP contribution in [0.4, 0.5) is 5.69 Å². The lowest BCUT2D eigenvalue weighted by Gasteiger charge is -2.35. The highest BCUT2D eigenvalue weighted by Crippen LogP contribution is 2.35. The molecule has 2 aliphatic rings. The number of anilines is 1. The maximum absolute atomic E-state index is 12.6. The van der Waals surface area contributed by atoms with Crippen molar-refractivity contribution in [2.24, 2.45) is 0 Å². The van der Waals surface area contributed by atoms with Crippen molar-refractivity contribution in [1.29, 1.82) is 0 Å². The molecular formula is C15H18N2O4. The number of aliphatic carboxylic acids is 1. The fourth-order valence-electron chi connectivity index (χ4n) is 2.96. The molecule has 0 spiro atoms. The molecule has 1 saturated heterocycles. The van der Waals surface area contributed by atoms with Crippen molar-refractivity contribution in [3.8, 4) is 0 Å². The number of hydrogen-bond donors (Lipinski definition) is 2. The summed E-state index contributed by atoms with van der Waals surface area (Å²) in [7, 11) is 0. The Morgan fingerprint density at radius 1 is 1.33 bits per heavy atom. The molecule has 6 nitrogen and oxygen atoms in total. The smallest absolute Gasteiger partial charge is 0.311 e. The van der Waals surface area contributed by atoms with Crippen LogP contribution in [-0.4, -0.2) is 49.3 Å². The van der Waals surface area contributed by atoms with E-state index in [-0.39, 0.29) is 11.9 Å². The highest BCUT2D eigenvalue weighted by molar-refractivity contribution is 5.99. The van der Waals surface area contributed by atoms with Crippen LogP contribution in [0, 0.1) is 0 Å². The zero-order valence-corrected chi connectivity index (χ0v) is 11.6. The fraction of sp³-hybridized carbons (Fsp3) is 0.467. The molecule has 1 aromatic rings. The number of carbonyl (C=O) groups is 2. The van der Waals surface area contributed by atoms with Crippen LogP contribution in [0.5, 0.6) is 0 Å². The number of hydrogen-bond acceptors (Lipinski definition) is 4. The number of amides is 1. The van der Waals surface area contributed by atoms with E-state index in [0.29, 0.717) is 44.0 Å². The normalized spacial score (nSPS) is 25.2. The summed E-state index contributed by atoms with van der Waals surface area (Å²) >= 11 is 0. The Labute approximate surface area is 122 Å². The fourth-order valence-corrected chi connectivity index (χ4v) is 2.96. The van der Waals surface area contributed by atoms with Crippen molar-refractivity contribution in [3.05, 3.63) is 29.8 Å². The Balaban J connectivity index is 1.88. The van der Waals surface area contributed by atoms with Crippen LogP contribution < -0.4 is 10.2 Å². The largest absolute Gasteiger partial charge is 0.481 e. The number of nitrogens with one attached hydrogen (secondary N) is 1. The average Bonchev–Trinajstić information content (AvgIpc) is 2.54. The molecule has 2 heterocycles. The molecule has 3 rings (SSSR count). The number of rotatable bonds is 2. The number of carboxylic acids is 1. The number of ether oxygens (including phenoxy) is 1. The van der Waals surface area contributed by atoms with Gasteiger partial charge in [0.1, 0.15) is 6.04 Å². The summed E-state index contributed by atoms with van der Waals surface area (Å²) < 4.78 is 5.34. The Morgan fingerprint density at radius 2 is 2.14 bits per heavy atom. The van der Waals surface area contributed by atoms with Crippen molar-refractivity contribution in [2.45, 2.75) is 18.4 Å². The molecule has 1 fully saturated rings. The van der Waals surface area contributed by atoms with E-state index >= 15 is 0 Å². The highest BCUT2D eigenvalue weighted by Gasteiger charge is 2.35. The van der Waals surface area contributed by atoms with Crippen molar-refractivity contribution in [1.82, 2.24) is 5.32 Å². The van der Waals surface area contributed by atoms with Gasteiger partial charge in [0, 0.05) is 18.8 Å². The Hall–Kier alpha value is -1.92. The molecule has 0 saturated carbocycles. The first-order chi connectivity index (χ1) is 10.2. The minimum absolute atomic E-state index is 0.0500. The van der Waals surface area contributed by atoms with Gasteiger partial charge in [0.05, 0.1) is 19.1 Å². The number of carbonyl (C=O) groups excluding carboxylic acids is 1. The zero-order valence-electron chi connectivity index (χ0n) is 11.6. The summed E-state index contributed by atoms with van der Waals surface area (Å²) in [5.74, 6) is -1.43. The van der Waals surface area contributed by atoms with Gasteiger partial charge in [-0.3, -0.25) is 9.59 Å². The van der Waals surface area contributed by atoms with E-state index < -0.39 is 11.9 Å². The van der Waals surface area contributed by atoms with E-state index in [2.05, 4.69) is 5.32 Å². The molecule has 0 bridgehead atoms. The lowest BCUT2D eigenvalue weighted by molar-refractivity contribution is -0.139. The third-order valence-electron chi connectivity index (χ3n) is 4.03. The van der Waals surface area contributed by atoms with Crippen molar-refractivity contribution >= 4 is 17.6 Å². The maximum atomic E-state index is 12.6. The monoisotopic (exact) mass is 290 g/mol. The van der Waals surface area contributed by atoms with E-state index in [0.717, 1.165) is 0 Å². The first kappa shape index (κ1) is 14.0. The minimum atomic E-state index is -0.839. The molecule has 2 atom stereocenters. The van der Waals surface area contributed by atoms with Crippen LogP contribution in [0.1, 0.15) is 17.9 Å². The van der Waals surface area contributed by atoms with Gasteiger partial charge in [-0.05, 0) is 18.1 Å². The lowest BCUT2D eigenvalue weighted by Crippen LogP contribution is -2.54. The van der Waals surface area contributed by atoms with Gasteiger partial charge in [0.15, 0.2) is 0 Å². The van der Waals surface area contributed by atoms with E-state index in [1.165, 1.54) is 0 Å². The van der Waals surface area contributed by atoms with Gasteiger partial charge in [-0.25, -0.2) is 0 Å². The third-order valence-corrected chi connectivity index (χ3v) is 4.03. The van der Waals surface area contributed by atoms with E-state index in [9.17, 15) is 14.7 Å². The van der Waals surface area contributed by atoms with Crippen LogP contribution in [0.25, 0.3) is 0 Å². The van der Waals surface area contributed by atoms with Crippen LogP contribution >= 0.6 is 0 Å². The van der Waals surface area contributed by atoms with Gasteiger partial charge >= 0.3 is 5.97 Å². The van der Waals surface area contributed by atoms with Crippen LogP contribution in [0.15, 0.2) is 24.3 Å². The highest BCUT2D eigenvalue weighted by atomic mass is 16.5. The number of benzene rings is 1. The van der Waals surface area contributed by atoms with Crippen LogP contribution in [0.3, 0.4) is 0 Å². The number of para-hydroxylation sites is 1. The number of nitrogens with zero attached hydrogens (tertiary/aromatic N) is 1. The van der Waals surface area contributed by atoms with Crippen LogP contribution in [0.2, 0.25) is 0 Å². The van der Waals surface area contributed by atoms with Gasteiger partial charge < -0.3 is 20.1 Å². The zero-order chi connectivity index (χ0) is 14.8. The van der Waals surface area contributed by atoms with Crippen molar-refractivity contribution in [2.75, 3.05) is 31.2 Å². The van der Waals surface area contributed by atoms with Gasteiger partial charge in [-0.1, -0.05) is 18.2 Å². The Kier molecular flexibility index (Phi) is 3.90. The molecule has 0 aromatic heterocycles. The second kappa shape index (κ2) is 5.83.